The average Bonchev–Trinajstić information content (AvgIpc) is 3.56. The second kappa shape index (κ2) is 14.5. The fourth-order valence-corrected chi connectivity index (χ4v) is 5.53. The van der Waals surface area contributed by atoms with Crippen molar-refractivity contribution in [2.75, 3.05) is 25.4 Å². The van der Waals surface area contributed by atoms with Crippen molar-refractivity contribution in [2.24, 2.45) is 26.5 Å². The minimum Gasteiger partial charge on any atom is -0.398 e. The van der Waals surface area contributed by atoms with E-state index >= 15 is 0 Å². The van der Waals surface area contributed by atoms with Gasteiger partial charge in [-0.25, -0.2) is 0 Å². The molecule has 4 aliphatic rings. The Hall–Kier alpha value is -3.15. The molecule has 6 heteroatoms. The van der Waals surface area contributed by atoms with Crippen LogP contribution in [0.2, 0.25) is 0 Å². The fraction of sp³-hybridized carbons (Fsp3) is 0.559. The summed E-state index contributed by atoms with van der Waals surface area (Å²) in [5.41, 5.74) is 14.7. The van der Waals surface area contributed by atoms with Crippen LogP contribution in [-0.2, 0) is 6.42 Å². The quantitative estimate of drug-likeness (QED) is 0.269. The van der Waals surface area contributed by atoms with Gasteiger partial charge < -0.3 is 10.6 Å². The monoisotopic (exact) mass is 544 g/mol. The van der Waals surface area contributed by atoms with E-state index in [2.05, 4.69) is 60.8 Å². The highest BCUT2D eigenvalue weighted by atomic mass is 15.7. The van der Waals surface area contributed by atoms with Gasteiger partial charge in [0.2, 0.25) is 0 Å². The van der Waals surface area contributed by atoms with Crippen LogP contribution in [0.5, 0.6) is 0 Å². The smallest absolute Gasteiger partial charge is 0.0657 e. The number of aliphatic imine (C=N–C) groups is 1. The van der Waals surface area contributed by atoms with Crippen molar-refractivity contribution in [3.63, 3.8) is 0 Å². The molecule has 218 valence electrons. The summed E-state index contributed by atoms with van der Waals surface area (Å²) >= 11 is 0. The standard InChI is InChI=1S/C25H35N3.C7H11N3.C2H6/c1-17(2)23-12-21(24(26)13-20(23)11-19-5-6-19)14-27-22-7-9-25(10-8-22)15-28(16-25)18(3)4;1-7(2)6-9-10-5-3-4-8-10;1-2/h12-14,19,22H,1,3,5-11,15-16,26H2,2,4H3;4,6H,1,3,5H2,2H3;1-2H3/b;9-6-;. The summed E-state index contributed by atoms with van der Waals surface area (Å²) in [6.45, 7) is 25.3. The highest BCUT2D eigenvalue weighted by molar-refractivity contribution is 5.89. The Morgan fingerprint density at radius 3 is 2.27 bits per heavy atom. The van der Waals surface area contributed by atoms with E-state index in [4.69, 9.17) is 10.7 Å². The number of benzene rings is 1. The van der Waals surface area contributed by atoms with E-state index in [1.54, 1.807) is 11.3 Å². The van der Waals surface area contributed by atoms with Gasteiger partial charge in [0.1, 0.15) is 0 Å². The third kappa shape index (κ3) is 8.94. The molecule has 0 radical (unpaired) electrons. The molecule has 0 aromatic heterocycles. The number of hydrogen-bond acceptors (Lipinski definition) is 6. The molecular formula is C34H52N6. The molecule has 40 heavy (non-hydrogen) atoms. The van der Waals surface area contributed by atoms with E-state index in [1.807, 2.05) is 33.2 Å². The molecule has 5 rings (SSSR count). The Morgan fingerprint density at radius 1 is 1.07 bits per heavy atom. The Bertz CT molecular complexity index is 1120. The maximum atomic E-state index is 6.38. The van der Waals surface area contributed by atoms with E-state index in [9.17, 15) is 0 Å². The lowest BCUT2D eigenvalue weighted by atomic mass is 9.67. The number of nitrogen functional groups attached to an aromatic ring is 1. The number of nitrogens with zero attached hydrogens (tertiary/aromatic N) is 5. The number of rotatable bonds is 8. The Morgan fingerprint density at radius 2 is 1.75 bits per heavy atom. The molecule has 6 nitrogen and oxygen atoms in total. The first-order valence-electron chi connectivity index (χ1n) is 15.2. The Balaban J connectivity index is 0.000000309. The van der Waals surface area contributed by atoms with Crippen molar-refractivity contribution in [2.45, 2.75) is 92.0 Å². The molecule has 0 bridgehead atoms. The van der Waals surface area contributed by atoms with E-state index in [1.165, 1.54) is 68.4 Å². The van der Waals surface area contributed by atoms with Gasteiger partial charge in [0.05, 0.1) is 12.8 Å². The van der Waals surface area contributed by atoms with Crippen molar-refractivity contribution in [3.8, 4) is 0 Å². The first-order valence-corrected chi connectivity index (χ1v) is 15.2. The summed E-state index contributed by atoms with van der Waals surface area (Å²) in [6.07, 6.45) is 15.4. The van der Waals surface area contributed by atoms with Crippen LogP contribution in [0, 0.1) is 11.3 Å². The molecular weight excluding hydrogens is 492 g/mol. The molecule has 1 aromatic rings. The van der Waals surface area contributed by atoms with Gasteiger partial charge in [0.15, 0.2) is 0 Å². The summed E-state index contributed by atoms with van der Waals surface area (Å²) in [7, 11) is 0. The summed E-state index contributed by atoms with van der Waals surface area (Å²) in [4.78, 5) is 7.34. The molecule has 0 unspecified atom stereocenters. The van der Waals surface area contributed by atoms with E-state index in [0.29, 0.717) is 11.5 Å². The number of anilines is 1. The summed E-state index contributed by atoms with van der Waals surface area (Å²) in [6, 6.07) is 4.81. The second-order valence-electron chi connectivity index (χ2n) is 11.9. The van der Waals surface area contributed by atoms with Gasteiger partial charge in [0.25, 0.3) is 0 Å². The Kier molecular flexibility index (Phi) is 11.4. The van der Waals surface area contributed by atoms with Gasteiger partial charge in [-0.3, -0.25) is 4.99 Å². The molecule has 2 N–H and O–H groups in total. The number of hydrazone groups is 2. The lowest BCUT2D eigenvalue weighted by molar-refractivity contribution is -0.00679. The van der Waals surface area contributed by atoms with Crippen LogP contribution in [0.4, 0.5) is 5.69 Å². The summed E-state index contributed by atoms with van der Waals surface area (Å²) < 4.78 is 0. The van der Waals surface area contributed by atoms with Crippen LogP contribution in [0.1, 0.15) is 96.3 Å². The van der Waals surface area contributed by atoms with Gasteiger partial charge in [-0.15, -0.1) is 0 Å². The van der Waals surface area contributed by atoms with Gasteiger partial charge in [-0.2, -0.15) is 15.3 Å². The van der Waals surface area contributed by atoms with Crippen LogP contribution in [0.3, 0.4) is 0 Å². The molecule has 2 heterocycles. The highest BCUT2D eigenvalue weighted by Gasteiger charge is 2.44. The van der Waals surface area contributed by atoms with Crippen molar-refractivity contribution in [1.29, 1.82) is 0 Å². The molecule has 2 saturated carbocycles. The number of hydrogen-bond donors (Lipinski definition) is 1. The van der Waals surface area contributed by atoms with Gasteiger partial charge in [-0.1, -0.05) is 39.2 Å². The second-order valence-corrected chi connectivity index (χ2v) is 11.9. The van der Waals surface area contributed by atoms with Crippen molar-refractivity contribution in [3.05, 3.63) is 59.8 Å². The van der Waals surface area contributed by atoms with Crippen molar-refractivity contribution in [1.82, 2.24) is 10.0 Å². The van der Waals surface area contributed by atoms with Crippen LogP contribution in [0.15, 0.2) is 58.3 Å². The average molecular weight is 545 g/mol. The first-order chi connectivity index (χ1) is 19.1. The lowest BCUT2D eigenvalue weighted by Crippen LogP contribution is -2.56. The minimum atomic E-state index is 0.434. The van der Waals surface area contributed by atoms with Crippen LogP contribution in [0.25, 0.3) is 5.57 Å². The van der Waals surface area contributed by atoms with Crippen LogP contribution >= 0.6 is 0 Å². The maximum absolute atomic E-state index is 6.38. The third-order valence-corrected chi connectivity index (χ3v) is 8.09. The fourth-order valence-electron chi connectivity index (χ4n) is 5.53. The maximum Gasteiger partial charge on any atom is 0.0657 e. The number of allylic oxidation sites excluding steroid dienone is 3. The summed E-state index contributed by atoms with van der Waals surface area (Å²) in [5, 5.41) is 9.67. The van der Waals surface area contributed by atoms with E-state index in [-0.39, 0.29) is 0 Å². The minimum absolute atomic E-state index is 0.434. The van der Waals surface area contributed by atoms with Gasteiger partial charge in [0, 0.05) is 60.3 Å². The largest absolute Gasteiger partial charge is 0.398 e. The van der Waals surface area contributed by atoms with Crippen molar-refractivity contribution >= 4 is 29.9 Å². The predicted molar refractivity (Wildman–Crippen MR) is 175 cm³/mol. The zero-order valence-electron chi connectivity index (χ0n) is 25.8. The van der Waals surface area contributed by atoms with Crippen molar-refractivity contribution < 1.29 is 0 Å². The number of nitrogens with two attached hydrogens (primary N) is 1. The molecule has 0 amide bonds. The molecule has 1 spiro atoms. The third-order valence-electron chi connectivity index (χ3n) is 8.09. The molecule has 3 fully saturated rings. The molecule has 1 aromatic carbocycles. The highest BCUT2D eigenvalue weighted by Crippen LogP contribution is 2.45. The SMILES string of the molecule is C=C(C)/C=N\N1CCC=N1.C=C(C)c1cc(C=NC2CCC3(CC2)CN(C(=C)C)C3)c(N)cc1CC1CC1.CC. The summed E-state index contributed by atoms with van der Waals surface area (Å²) in [5.74, 6) is 0.846. The zero-order chi connectivity index (χ0) is 29.3. The molecule has 1 saturated heterocycles. The van der Waals surface area contributed by atoms with Gasteiger partial charge >= 0.3 is 0 Å². The normalized spacial score (nSPS) is 19.7. The van der Waals surface area contributed by atoms with E-state index < -0.39 is 0 Å². The van der Waals surface area contributed by atoms with E-state index in [0.717, 1.165) is 47.7 Å². The van der Waals surface area contributed by atoms with Crippen LogP contribution in [-0.4, -0.2) is 54.3 Å². The van der Waals surface area contributed by atoms with Gasteiger partial charge in [-0.05, 0) is 100 Å². The zero-order valence-corrected chi connectivity index (χ0v) is 25.8. The molecule has 2 aliphatic heterocycles. The topological polar surface area (TPSA) is 69.6 Å². The lowest BCUT2D eigenvalue weighted by Gasteiger charge is -2.54. The predicted octanol–water partition coefficient (Wildman–Crippen LogP) is 7.72. The Labute approximate surface area is 243 Å². The molecule has 2 aliphatic carbocycles. The molecule has 0 atom stereocenters. The number of likely N-dealkylation sites (tertiary alicyclic amines) is 1. The van der Waals surface area contributed by atoms with Crippen LogP contribution < -0.4 is 5.73 Å². The first kappa shape index (κ1) is 31.4.